The molecule has 1 aliphatic heterocycles. The molecule has 0 saturated carbocycles. The molecule has 0 unspecified atom stereocenters. The highest BCUT2D eigenvalue weighted by molar-refractivity contribution is 5.97. The molecule has 50 heavy (non-hydrogen) atoms. The Morgan fingerprint density at radius 1 is 0.700 bits per heavy atom. The minimum atomic E-state index is -1.60. The quantitative estimate of drug-likeness (QED) is 0.0651. The van der Waals surface area contributed by atoms with Gasteiger partial charge in [0.05, 0.1) is 43.3 Å². The van der Waals surface area contributed by atoms with E-state index in [1.165, 1.54) is 38.9 Å². The van der Waals surface area contributed by atoms with Gasteiger partial charge in [-0.2, -0.15) is 0 Å². The van der Waals surface area contributed by atoms with E-state index in [2.05, 4.69) is 57.2 Å². The second-order valence-electron chi connectivity index (χ2n) is 11.6. The van der Waals surface area contributed by atoms with Crippen molar-refractivity contribution in [1.82, 2.24) is 57.2 Å². The Labute approximate surface area is 285 Å². The predicted molar refractivity (Wildman–Crippen MR) is 170 cm³/mol. The summed E-state index contributed by atoms with van der Waals surface area (Å²) >= 11 is 0. The lowest BCUT2D eigenvalue weighted by Gasteiger charge is -2.25. The van der Waals surface area contributed by atoms with Crippen LogP contribution in [-0.2, 0) is 46.4 Å². The summed E-state index contributed by atoms with van der Waals surface area (Å²) < 4.78 is 0. The first-order chi connectivity index (χ1) is 23.8. The first-order valence-corrected chi connectivity index (χ1v) is 15.8. The van der Waals surface area contributed by atoms with Crippen LogP contribution in [0.4, 0.5) is 0 Å². The molecule has 3 rings (SSSR count). The average molecular weight is 706 g/mol. The molecule has 21 nitrogen and oxygen atoms in total. The number of hydrogen-bond acceptors (Lipinski definition) is 12. The largest absolute Gasteiger partial charge is 0.480 e. The summed E-state index contributed by atoms with van der Waals surface area (Å²) in [6, 6.07) is -8.71. The zero-order chi connectivity index (χ0) is 36.8. The fourth-order valence-corrected chi connectivity index (χ4v) is 4.83. The van der Waals surface area contributed by atoms with E-state index >= 15 is 0 Å². The number of amides is 6. The molecule has 1 saturated heterocycles. The van der Waals surface area contributed by atoms with Gasteiger partial charge in [0, 0.05) is 25.2 Å². The topological polar surface area (TPSA) is 322 Å². The molecule has 2 aromatic rings. The van der Waals surface area contributed by atoms with Crippen molar-refractivity contribution in [3.05, 3.63) is 36.4 Å². The van der Waals surface area contributed by atoms with Gasteiger partial charge in [-0.3, -0.25) is 28.8 Å². The number of carboxylic acids is 1. The van der Waals surface area contributed by atoms with E-state index in [1.807, 2.05) is 0 Å². The number of aromatic amines is 2. The second kappa shape index (κ2) is 19.0. The number of nitrogens with zero attached hydrogens (tertiary/aromatic N) is 2. The van der Waals surface area contributed by atoms with Crippen LogP contribution in [0.2, 0.25) is 0 Å². The van der Waals surface area contributed by atoms with Crippen LogP contribution in [-0.4, -0.2) is 139 Å². The van der Waals surface area contributed by atoms with E-state index in [4.69, 9.17) is 0 Å². The predicted octanol–water partition coefficient (Wildman–Crippen LogP) is -5.31. The van der Waals surface area contributed by atoms with Crippen LogP contribution in [0.15, 0.2) is 25.0 Å². The normalized spacial score (nSPS) is 17.6. The van der Waals surface area contributed by atoms with Gasteiger partial charge in [-0.05, 0) is 33.2 Å². The highest BCUT2D eigenvalue weighted by Crippen LogP contribution is 2.06. The van der Waals surface area contributed by atoms with Crippen LogP contribution in [0.5, 0.6) is 0 Å². The fraction of sp³-hybridized carbons (Fsp3) is 0.552. The fourth-order valence-electron chi connectivity index (χ4n) is 4.83. The molecule has 0 radical (unpaired) electrons. The standard InChI is InChI=1S/C29H43N11O10/c1-14(36-27(47)21(10-41)40-25(45)18-4-3-5-32-18)23(43)35-15(2)24(44)39-22(11-42)28(48)37-19(6-16-8-30-12-33-16)26(46)38-20(29(49)50)7-17-9-31-13-34-17/h8-9,12-15,18-22,32,41-42H,3-7,10-11H2,1-2H3,(H,30,33)(H,31,34)(H,35,43)(H,36,47)(H,37,48)(H,38,46)(H,39,44)(H,40,45)(H,49,50)/t14-,15-,18-,19-,20-,21-,22-/m0/s1. The summed E-state index contributed by atoms with van der Waals surface area (Å²) in [6.45, 7) is 1.59. The van der Waals surface area contributed by atoms with Crippen molar-refractivity contribution < 1.29 is 48.9 Å². The van der Waals surface area contributed by atoms with Crippen molar-refractivity contribution in [1.29, 1.82) is 0 Å². The third-order valence-corrected chi connectivity index (χ3v) is 7.70. The van der Waals surface area contributed by atoms with Crippen LogP contribution in [0.3, 0.4) is 0 Å². The summed E-state index contributed by atoms with van der Waals surface area (Å²) in [5.41, 5.74) is 0.701. The number of H-pyrrole nitrogens is 2. The number of aliphatic carboxylic acids is 1. The van der Waals surface area contributed by atoms with Gasteiger partial charge < -0.3 is 62.5 Å². The molecular weight excluding hydrogens is 662 g/mol. The Balaban J connectivity index is 1.56. The minimum absolute atomic E-state index is 0.161. The summed E-state index contributed by atoms with van der Waals surface area (Å²) in [6.07, 6.45) is 6.61. The summed E-state index contributed by atoms with van der Waals surface area (Å²) in [5, 5.41) is 46.3. The number of hydrogen-bond donors (Lipinski definition) is 12. The van der Waals surface area contributed by atoms with E-state index in [0.29, 0.717) is 24.4 Å². The van der Waals surface area contributed by atoms with Gasteiger partial charge in [0.2, 0.25) is 35.4 Å². The molecule has 6 amide bonds. The van der Waals surface area contributed by atoms with Crippen molar-refractivity contribution in [2.24, 2.45) is 0 Å². The Kier molecular flexibility index (Phi) is 14.8. The van der Waals surface area contributed by atoms with Crippen LogP contribution >= 0.6 is 0 Å². The number of aliphatic hydroxyl groups is 2. The molecule has 0 bridgehead atoms. The van der Waals surface area contributed by atoms with E-state index in [9.17, 15) is 48.9 Å². The number of carboxylic acid groups (broad SMARTS) is 1. The zero-order valence-electron chi connectivity index (χ0n) is 27.4. The van der Waals surface area contributed by atoms with Gasteiger partial charge in [0.25, 0.3) is 0 Å². The highest BCUT2D eigenvalue weighted by atomic mass is 16.4. The summed E-state index contributed by atoms with van der Waals surface area (Å²) in [7, 11) is 0. The van der Waals surface area contributed by atoms with Gasteiger partial charge in [0.15, 0.2) is 0 Å². The summed E-state index contributed by atoms with van der Waals surface area (Å²) in [5.74, 6) is -6.27. The maximum atomic E-state index is 13.2. The number of rotatable bonds is 19. The molecule has 274 valence electrons. The van der Waals surface area contributed by atoms with E-state index in [0.717, 1.165) is 6.42 Å². The van der Waals surface area contributed by atoms with Gasteiger partial charge in [-0.15, -0.1) is 0 Å². The minimum Gasteiger partial charge on any atom is -0.480 e. The Hall–Kier alpha value is -5.41. The first kappa shape index (κ1) is 39.0. The monoisotopic (exact) mass is 705 g/mol. The molecule has 1 aliphatic rings. The number of imidazole rings is 2. The molecule has 1 fully saturated rings. The third-order valence-electron chi connectivity index (χ3n) is 7.70. The number of aliphatic hydroxyl groups excluding tert-OH is 2. The molecule has 21 heteroatoms. The van der Waals surface area contributed by atoms with Crippen molar-refractivity contribution >= 4 is 41.4 Å². The van der Waals surface area contributed by atoms with Crippen LogP contribution < -0.4 is 37.2 Å². The lowest BCUT2D eigenvalue weighted by molar-refractivity contribution is -0.142. The van der Waals surface area contributed by atoms with E-state index in [-0.39, 0.29) is 12.8 Å². The first-order valence-electron chi connectivity index (χ1n) is 15.8. The average Bonchev–Trinajstić information content (AvgIpc) is 3.90. The third kappa shape index (κ3) is 11.6. The van der Waals surface area contributed by atoms with Crippen LogP contribution in [0.1, 0.15) is 38.1 Å². The molecule has 0 aromatic carbocycles. The van der Waals surface area contributed by atoms with Gasteiger partial charge in [-0.1, -0.05) is 0 Å². The van der Waals surface area contributed by atoms with Gasteiger partial charge in [0.1, 0.15) is 36.3 Å². The molecule has 12 N–H and O–H groups in total. The van der Waals surface area contributed by atoms with E-state index < -0.39 is 96.9 Å². The maximum absolute atomic E-state index is 13.2. The van der Waals surface area contributed by atoms with Crippen molar-refractivity contribution in [3.8, 4) is 0 Å². The Bertz CT molecular complexity index is 1460. The number of nitrogens with one attached hydrogen (secondary N) is 9. The second-order valence-corrected chi connectivity index (χ2v) is 11.6. The highest BCUT2D eigenvalue weighted by Gasteiger charge is 2.32. The van der Waals surface area contributed by atoms with Crippen LogP contribution in [0, 0.1) is 0 Å². The van der Waals surface area contributed by atoms with Crippen molar-refractivity contribution in [3.63, 3.8) is 0 Å². The molecule has 3 heterocycles. The molecule has 2 aromatic heterocycles. The number of carbonyl (C=O) groups excluding carboxylic acids is 6. The van der Waals surface area contributed by atoms with Crippen molar-refractivity contribution in [2.45, 2.75) is 81.8 Å². The Morgan fingerprint density at radius 2 is 1.16 bits per heavy atom. The SMILES string of the molecule is C[C@H](NC(=O)[C@H](C)NC(=O)[C@H](CO)NC(=O)[C@@H]1CCCN1)C(=O)N[C@@H](CO)C(=O)N[C@@H](Cc1c[nH]cn1)C(=O)N[C@@H](Cc1c[nH]cn1)C(=O)O. The number of aromatic nitrogens is 4. The lowest BCUT2D eigenvalue weighted by Crippen LogP contribution is -2.60. The Morgan fingerprint density at radius 3 is 1.66 bits per heavy atom. The van der Waals surface area contributed by atoms with E-state index in [1.54, 1.807) is 0 Å². The smallest absolute Gasteiger partial charge is 0.326 e. The molecule has 7 atom stereocenters. The van der Waals surface area contributed by atoms with Crippen molar-refractivity contribution in [2.75, 3.05) is 19.8 Å². The maximum Gasteiger partial charge on any atom is 0.326 e. The molecular formula is C29H43N11O10. The number of carbonyl (C=O) groups is 7. The van der Waals surface area contributed by atoms with Gasteiger partial charge >= 0.3 is 5.97 Å². The molecule has 0 spiro atoms. The van der Waals surface area contributed by atoms with Crippen LogP contribution in [0.25, 0.3) is 0 Å². The summed E-state index contributed by atoms with van der Waals surface area (Å²) in [4.78, 5) is 102. The zero-order valence-corrected chi connectivity index (χ0v) is 27.4. The van der Waals surface area contributed by atoms with Gasteiger partial charge in [-0.25, -0.2) is 14.8 Å². The lowest BCUT2D eigenvalue weighted by atomic mass is 10.1. The molecule has 0 aliphatic carbocycles.